The van der Waals surface area contributed by atoms with Gasteiger partial charge in [0, 0.05) is 24.6 Å². The van der Waals surface area contributed by atoms with Crippen LogP contribution in [0.3, 0.4) is 0 Å². The molecule has 1 N–H and O–H groups in total. The first kappa shape index (κ1) is 14.7. The first-order chi connectivity index (χ1) is 8.36. The van der Waals surface area contributed by atoms with Crippen LogP contribution in [0.25, 0.3) is 0 Å². The van der Waals surface area contributed by atoms with Crippen molar-refractivity contribution in [3.05, 3.63) is 22.4 Å². The Morgan fingerprint density at radius 2 is 2.12 bits per heavy atom. The second kappa shape index (κ2) is 9.63. The van der Waals surface area contributed by atoms with Crippen LogP contribution >= 0.6 is 11.3 Å². The molecule has 0 unspecified atom stereocenters. The summed E-state index contributed by atoms with van der Waals surface area (Å²) in [6, 6.07) is 4.30. The lowest BCUT2D eigenvalue weighted by molar-refractivity contribution is 0.0984. The molecule has 0 aromatic carbocycles. The van der Waals surface area contributed by atoms with Gasteiger partial charge < -0.3 is 10.1 Å². The van der Waals surface area contributed by atoms with Gasteiger partial charge in [-0.1, -0.05) is 32.8 Å². The average Bonchev–Trinajstić information content (AvgIpc) is 2.86. The minimum atomic E-state index is 0.737. The Bertz CT molecular complexity index is 257. The molecule has 0 aliphatic heterocycles. The Kier molecular flexibility index (Phi) is 8.32. The second-order valence-electron chi connectivity index (χ2n) is 4.34. The predicted molar refractivity (Wildman–Crippen MR) is 75.8 cm³/mol. The Hall–Kier alpha value is -0.380. The van der Waals surface area contributed by atoms with E-state index < -0.39 is 0 Å². The lowest BCUT2D eigenvalue weighted by atomic mass is 10.1. The summed E-state index contributed by atoms with van der Waals surface area (Å²) >= 11 is 1.83. The fourth-order valence-corrected chi connectivity index (χ4v) is 2.42. The van der Waals surface area contributed by atoms with Crippen molar-refractivity contribution < 1.29 is 4.74 Å². The third kappa shape index (κ3) is 6.81. The Balaban J connectivity index is 1.87. The minimum absolute atomic E-state index is 0.737. The summed E-state index contributed by atoms with van der Waals surface area (Å²) in [4.78, 5) is 1.45. The molecule has 3 heteroatoms. The molecule has 0 atom stereocenters. The molecule has 1 aromatic heterocycles. The molecule has 1 aromatic rings. The lowest BCUT2D eigenvalue weighted by Gasteiger charge is -2.12. The molecule has 17 heavy (non-hydrogen) atoms. The summed E-state index contributed by atoms with van der Waals surface area (Å²) in [5.74, 6) is 0.737. The molecular weight excluding hydrogens is 230 g/mol. The summed E-state index contributed by atoms with van der Waals surface area (Å²) < 4.78 is 5.65. The highest BCUT2D eigenvalue weighted by molar-refractivity contribution is 7.09. The monoisotopic (exact) mass is 255 g/mol. The maximum Gasteiger partial charge on any atom is 0.0591 e. The molecule has 0 radical (unpaired) electrons. The van der Waals surface area contributed by atoms with Crippen molar-refractivity contribution in [2.75, 3.05) is 26.3 Å². The highest BCUT2D eigenvalue weighted by Gasteiger charge is 2.02. The van der Waals surface area contributed by atoms with Gasteiger partial charge in [-0.25, -0.2) is 0 Å². The van der Waals surface area contributed by atoms with Crippen LogP contribution in [0.5, 0.6) is 0 Å². The first-order valence-corrected chi connectivity index (χ1v) is 7.55. The van der Waals surface area contributed by atoms with Crippen LogP contribution in [0.2, 0.25) is 0 Å². The molecule has 0 bridgehead atoms. The van der Waals surface area contributed by atoms with Gasteiger partial charge in [-0.15, -0.1) is 11.3 Å². The number of rotatable bonds is 10. The van der Waals surface area contributed by atoms with E-state index in [1.807, 2.05) is 11.3 Å². The first-order valence-electron chi connectivity index (χ1n) is 6.67. The zero-order valence-corrected chi connectivity index (χ0v) is 11.9. The number of hydrogen-bond acceptors (Lipinski definition) is 3. The van der Waals surface area contributed by atoms with E-state index in [4.69, 9.17) is 4.74 Å². The topological polar surface area (TPSA) is 21.3 Å². The molecular formula is C14H25NOS. The predicted octanol–water partition coefficient (Wildman–Crippen LogP) is 3.33. The van der Waals surface area contributed by atoms with Gasteiger partial charge in [0.05, 0.1) is 6.61 Å². The number of ether oxygens (including phenoxy) is 1. The van der Waals surface area contributed by atoms with E-state index in [0.29, 0.717) is 0 Å². The molecule has 0 aliphatic rings. The van der Waals surface area contributed by atoms with Crippen LogP contribution in [0.15, 0.2) is 17.5 Å². The Morgan fingerprint density at radius 1 is 1.29 bits per heavy atom. The van der Waals surface area contributed by atoms with Crippen molar-refractivity contribution in [2.45, 2.75) is 33.1 Å². The molecule has 0 amide bonds. The quantitative estimate of drug-likeness (QED) is 0.648. The van der Waals surface area contributed by atoms with Gasteiger partial charge >= 0.3 is 0 Å². The molecule has 2 nitrogen and oxygen atoms in total. The zero-order valence-electron chi connectivity index (χ0n) is 11.1. The molecule has 0 saturated heterocycles. The highest BCUT2D eigenvalue weighted by Crippen LogP contribution is 2.08. The molecule has 0 aliphatic carbocycles. The summed E-state index contributed by atoms with van der Waals surface area (Å²) in [7, 11) is 0. The van der Waals surface area contributed by atoms with Gasteiger partial charge in [0.1, 0.15) is 0 Å². The summed E-state index contributed by atoms with van der Waals surface area (Å²) in [5.41, 5.74) is 0. The van der Waals surface area contributed by atoms with Crippen molar-refractivity contribution in [1.29, 1.82) is 0 Å². The van der Waals surface area contributed by atoms with E-state index in [9.17, 15) is 0 Å². The van der Waals surface area contributed by atoms with E-state index >= 15 is 0 Å². The molecule has 98 valence electrons. The fraction of sp³-hybridized carbons (Fsp3) is 0.714. The van der Waals surface area contributed by atoms with Crippen LogP contribution in [-0.4, -0.2) is 26.3 Å². The van der Waals surface area contributed by atoms with Crippen LogP contribution in [0.4, 0.5) is 0 Å². The number of hydrogen-bond donors (Lipinski definition) is 1. The van der Waals surface area contributed by atoms with Gasteiger partial charge in [0.2, 0.25) is 0 Å². The summed E-state index contributed by atoms with van der Waals surface area (Å²) in [5, 5.41) is 5.55. The third-order valence-corrected chi connectivity index (χ3v) is 4.00. The van der Waals surface area contributed by atoms with E-state index in [1.165, 1.54) is 17.7 Å². The van der Waals surface area contributed by atoms with Crippen molar-refractivity contribution in [3.8, 4) is 0 Å². The largest absolute Gasteiger partial charge is 0.380 e. The maximum atomic E-state index is 5.65. The smallest absolute Gasteiger partial charge is 0.0591 e. The molecule has 1 rings (SSSR count). The van der Waals surface area contributed by atoms with E-state index in [-0.39, 0.29) is 0 Å². The SMILES string of the molecule is CCC(CC)COCCNCCc1cccs1. The Morgan fingerprint density at radius 3 is 2.76 bits per heavy atom. The van der Waals surface area contributed by atoms with Gasteiger partial charge in [0.25, 0.3) is 0 Å². The minimum Gasteiger partial charge on any atom is -0.380 e. The van der Waals surface area contributed by atoms with Gasteiger partial charge in [0.15, 0.2) is 0 Å². The van der Waals surface area contributed by atoms with E-state index in [1.54, 1.807) is 0 Å². The van der Waals surface area contributed by atoms with E-state index in [0.717, 1.165) is 38.6 Å². The van der Waals surface area contributed by atoms with Crippen LogP contribution in [0, 0.1) is 5.92 Å². The Labute approximate surface area is 109 Å². The standard InChI is InChI=1S/C14H25NOS/c1-3-13(4-2)12-16-10-9-15-8-7-14-6-5-11-17-14/h5-6,11,13,15H,3-4,7-10,12H2,1-2H3. The highest BCUT2D eigenvalue weighted by atomic mass is 32.1. The molecule has 0 fully saturated rings. The maximum absolute atomic E-state index is 5.65. The van der Waals surface area contributed by atoms with Gasteiger partial charge in [-0.2, -0.15) is 0 Å². The third-order valence-electron chi connectivity index (χ3n) is 3.06. The van der Waals surface area contributed by atoms with Crippen molar-refractivity contribution in [3.63, 3.8) is 0 Å². The number of nitrogens with one attached hydrogen (secondary N) is 1. The summed E-state index contributed by atoms with van der Waals surface area (Å²) in [6.45, 7) is 8.23. The van der Waals surface area contributed by atoms with Crippen molar-refractivity contribution >= 4 is 11.3 Å². The van der Waals surface area contributed by atoms with Crippen molar-refractivity contribution in [1.82, 2.24) is 5.32 Å². The zero-order chi connectivity index (χ0) is 12.3. The molecule has 0 spiro atoms. The van der Waals surface area contributed by atoms with Gasteiger partial charge in [-0.05, 0) is 23.8 Å². The van der Waals surface area contributed by atoms with Crippen LogP contribution in [-0.2, 0) is 11.2 Å². The lowest BCUT2D eigenvalue weighted by Crippen LogP contribution is -2.23. The van der Waals surface area contributed by atoms with Gasteiger partial charge in [-0.3, -0.25) is 0 Å². The normalized spacial score (nSPS) is 11.2. The second-order valence-corrected chi connectivity index (χ2v) is 5.37. The molecule has 1 heterocycles. The number of thiophene rings is 1. The van der Waals surface area contributed by atoms with Crippen LogP contribution < -0.4 is 5.32 Å². The van der Waals surface area contributed by atoms with E-state index in [2.05, 4.69) is 36.7 Å². The van der Waals surface area contributed by atoms with Crippen LogP contribution in [0.1, 0.15) is 31.6 Å². The average molecular weight is 255 g/mol. The van der Waals surface area contributed by atoms with Crippen molar-refractivity contribution in [2.24, 2.45) is 5.92 Å². The fourth-order valence-electron chi connectivity index (χ4n) is 1.71. The molecule has 0 saturated carbocycles. The summed E-state index contributed by atoms with van der Waals surface area (Å²) in [6.07, 6.45) is 3.58.